The maximum atomic E-state index is 14.0. The van der Waals surface area contributed by atoms with E-state index in [2.05, 4.69) is 10.4 Å². The minimum atomic E-state index is -0.329. The fourth-order valence-corrected chi connectivity index (χ4v) is 2.18. The van der Waals surface area contributed by atoms with Crippen LogP contribution < -0.4 is 10.1 Å². The van der Waals surface area contributed by atoms with Gasteiger partial charge < -0.3 is 10.1 Å². The molecule has 1 aromatic carbocycles. The Morgan fingerprint density at radius 3 is 2.76 bits per heavy atom. The molecule has 5 heteroatoms. The Kier molecular flexibility index (Phi) is 5.33. The highest BCUT2D eigenvalue weighted by Gasteiger charge is 2.08. The first kappa shape index (κ1) is 15.5. The minimum Gasteiger partial charge on any atom is -0.484 e. The van der Waals surface area contributed by atoms with Crippen LogP contribution in [0, 0.1) is 12.7 Å². The predicted molar refractivity (Wildman–Crippen MR) is 80.8 cm³/mol. The van der Waals surface area contributed by atoms with Gasteiger partial charge in [-0.25, -0.2) is 4.39 Å². The maximum Gasteiger partial charge on any atom is 0.165 e. The molecule has 2 rings (SSSR count). The fourth-order valence-electron chi connectivity index (χ4n) is 2.18. The zero-order valence-corrected chi connectivity index (χ0v) is 12.8. The van der Waals surface area contributed by atoms with Gasteiger partial charge in [-0.3, -0.25) is 4.68 Å². The van der Waals surface area contributed by atoms with Gasteiger partial charge in [-0.1, -0.05) is 13.0 Å². The molecular weight excluding hydrogens is 269 g/mol. The number of aromatic nitrogens is 2. The van der Waals surface area contributed by atoms with Gasteiger partial charge in [-0.2, -0.15) is 5.10 Å². The number of benzene rings is 1. The van der Waals surface area contributed by atoms with Crippen LogP contribution in [0.2, 0.25) is 0 Å². The number of hydrogen-bond donors (Lipinski definition) is 1. The van der Waals surface area contributed by atoms with Gasteiger partial charge >= 0.3 is 0 Å². The van der Waals surface area contributed by atoms with Gasteiger partial charge in [-0.15, -0.1) is 0 Å². The summed E-state index contributed by atoms with van der Waals surface area (Å²) >= 11 is 0. The SMILES string of the molecule is CCNCc1ccc(OCc2cc(C)nn2CC)c(F)c1. The molecule has 0 aliphatic rings. The van der Waals surface area contributed by atoms with E-state index in [0.29, 0.717) is 13.2 Å². The highest BCUT2D eigenvalue weighted by atomic mass is 19.1. The molecule has 21 heavy (non-hydrogen) atoms. The average Bonchev–Trinajstić information content (AvgIpc) is 2.84. The molecule has 1 N–H and O–H groups in total. The van der Waals surface area contributed by atoms with E-state index in [4.69, 9.17) is 4.74 Å². The van der Waals surface area contributed by atoms with Crippen molar-refractivity contribution in [2.75, 3.05) is 6.54 Å². The van der Waals surface area contributed by atoms with E-state index in [1.54, 1.807) is 6.07 Å². The molecule has 0 fully saturated rings. The molecule has 0 saturated carbocycles. The summed E-state index contributed by atoms with van der Waals surface area (Å²) in [4.78, 5) is 0. The molecule has 0 amide bonds. The van der Waals surface area contributed by atoms with Crippen molar-refractivity contribution in [3.63, 3.8) is 0 Å². The first-order valence-corrected chi connectivity index (χ1v) is 7.29. The summed E-state index contributed by atoms with van der Waals surface area (Å²) in [7, 11) is 0. The van der Waals surface area contributed by atoms with Crippen molar-refractivity contribution in [3.8, 4) is 5.75 Å². The number of hydrogen-bond acceptors (Lipinski definition) is 3. The Bertz CT molecular complexity index is 595. The van der Waals surface area contributed by atoms with E-state index < -0.39 is 0 Å². The Labute approximate surface area is 124 Å². The third-order valence-electron chi connectivity index (χ3n) is 3.24. The van der Waals surface area contributed by atoms with Gasteiger partial charge in [0.05, 0.1) is 11.4 Å². The first-order valence-electron chi connectivity index (χ1n) is 7.29. The van der Waals surface area contributed by atoms with Crippen LogP contribution in [0.25, 0.3) is 0 Å². The van der Waals surface area contributed by atoms with Crippen molar-refractivity contribution >= 4 is 0 Å². The van der Waals surface area contributed by atoms with E-state index in [9.17, 15) is 4.39 Å². The molecule has 0 atom stereocenters. The normalized spacial score (nSPS) is 10.9. The highest BCUT2D eigenvalue weighted by molar-refractivity contribution is 5.29. The summed E-state index contributed by atoms with van der Waals surface area (Å²) in [5, 5.41) is 7.51. The highest BCUT2D eigenvalue weighted by Crippen LogP contribution is 2.20. The van der Waals surface area contributed by atoms with Crippen molar-refractivity contribution < 1.29 is 9.13 Å². The van der Waals surface area contributed by atoms with E-state index >= 15 is 0 Å². The molecule has 0 aliphatic carbocycles. The third kappa shape index (κ3) is 4.04. The molecule has 2 aromatic rings. The summed E-state index contributed by atoms with van der Waals surface area (Å²) in [5.41, 5.74) is 2.80. The van der Waals surface area contributed by atoms with E-state index in [1.165, 1.54) is 6.07 Å². The predicted octanol–water partition coefficient (Wildman–Crippen LogP) is 3.04. The standard InChI is InChI=1S/C16H22FN3O/c1-4-18-10-13-6-7-16(15(17)9-13)21-11-14-8-12(3)19-20(14)5-2/h6-9,18H,4-5,10-11H2,1-3H3. The Morgan fingerprint density at radius 1 is 1.29 bits per heavy atom. The Balaban J connectivity index is 2.02. The fraction of sp³-hybridized carbons (Fsp3) is 0.438. The van der Waals surface area contributed by atoms with Gasteiger partial charge in [-0.05, 0) is 44.2 Å². The van der Waals surface area contributed by atoms with Crippen molar-refractivity contribution in [2.45, 2.75) is 40.5 Å². The summed E-state index contributed by atoms with van der Waals surface area (Å²) in [6.45, 7) is 8.59. The van der Waals surface area contributed by atoms with Crippen LogP contribution in [0.1, 0.15) is 30.8 Å². The van der Waals surface area contributed by atoms with Crippen LogP contribution in [-0.2, 0) is 19.7 Å². The summed E-state index contributed by atoms with van der Waals surface area (Å²) in [6, 6.07) is 7.03. The average molecular weight is 291 g/mol. The van der Waals surface area contributed by atoms with Gasteiger partial charge in [0, 0.05) is 13.1 Å². The molecule has 0 radical (unpaired) electrons. The van der Waals surface area contributed by atoms with E-state index in [0.717, 1.165) is 30.0 Å². The molecule has 0 aliphatic heterocycles. The molecule has 4 nitrogen and oxygen atoms in total. The molecule has 114 valence electrons. The molecule has 1 heterocycles. The largest absolute Gasteiger partial charge is 0.484 e. The zero-order valence-electron chi connectivity index (χ0n) is 12.8. The van der Waals surface area contributed by atoms with Crippen molar-refractivity contribution in [1.29, 1.82) is 0 Å². The van der Waals surface area contributed by atoms with E-state index in [1.807, 2.05) is 37.6 Å². The number of nitrogens with one attached hydrogen (secondary N) is 1. The molecular formula is C16H22FN3O. The van der Waals surface area contributed by atoms with Crippen LogP contribution in [0.5, 0.6) is 5.75 Å². The quantitative estimate of drug-likeness (QED) is 0.852. The second-order valence-corrected chi connectivity index (χ2v) is 4.93. The van der Waals surface area contributed by atoms with Crippen molar-refractivity contribution in [3.05, 3.63) is 47.0 Å². The summed E-state index contributed by atoms with van der Waals surface area (Å²) in [5.74, 6) is -0.0542. The van der Waals surface area contributed by atoms with Crippen LogP contribution in [0.4, 0.5) is 4.39 Å². The van der Waals surface area contributed by atoms with Gasteiger partial charge in [0.25, 0.3) is 0 Å². The first-order chi connectivity index (χ1) is 10.1. The van der Waals surface area contributed by atoms with Crippen molar-refractivity contribution in [2.24, 2.45) is 0 Å². The number of halogens is 1. The topological polar surface area (TPSA) is 39.1 Å². The van der Waals surface area contributed by atoms with E-state index in [-0.39, 0.29) is 11.6 Å². The van der Waals surface area contributed by atoms with Crippen LogP contribution in [0.3, 0.4) is 0 Å². The number of ether oxygens (including phenoxy) is 1. The maximum absolute atomic E-state index is 14.0. The number of rotatable bonds is 7. The molecule has 0 unspecified atom stereocenters. The lowest BCUT2D eigenvalue weighted by Crippen LogP contribution is -2.12. The van der Waals surface area contributed by atoms with Crippen LogP contribution >= 0.6 is 0 Å². The minimum absolute atomic E-state index is 0.275. The molecule has 0 bridgehead atoms. The van der Waals surface area contributed by atoms with Crippen LogP contribution in [-0.4, -0.2) is 16.3 Å². The summed E-state index contributed by atoms with van der Waals surface area (Å²) in [6.07, 6.45) is 0. The second kappa shape index (κ2) is 7.22. The lowest BCUT2D eigenvalue weighted by Gasteiger charge is -2.10. The monoisotopic (exact) mass is 291 g/mol. The zero-order chi connectivity index (χ0) is 15.2. The lowest BCUT2D eigenvalue weighted by molar-refractivity contribution is 0.278. The second-order valence-electron chi connectivity index (χ2n) is 4.93. The number of nitrogens with zero attached hydrogens (tertiary/aromatic N) is 2. The molecule has 0 spiro atoms. The lowest BCUT2D eigenvalue weighted by atomic mass is 10.2. The van der Waals surface area contributed by atoms with Gasteiger partial charge in [0.15, 0.2) is 11.6 Å². The molecule has 0 saturated heterocycles. The van der Waals surface area contributed by atoms with Crippen LogP contribution in [0.15, 0.2) is 24.3 Å². The van der Waals surface area contributed by atoms with Crippen molar-refractivity contribution in [1.82, 2.24) is 15.1 Å². The van der Waals surface area contributed by atoms with Gasteiger partial charge in [0.2, 0.25) is 0 Å². The number of aryl methyl sites for hydroxylation is 2. The smallest absolute Gasteiger partial charge is 0.165 e. The molecule has 1 aromatic heterocycles. The Hall–Kier alpha value is -1.88. The Morgan fingerprint density at radius 2 is 2.10 bits per heavy atom. The van der Waals surface area contributed by atoms with Gasteiger partial charge in [0.1, 0.15) is 6.61 Å². The third-order valence-corrected chi connectivity index (χ3v) is 3.24. The summed E-state index contributed by atoms with van der Waals surface area (Å²) < 4.78 is 21.4.